The number of hydrogen-bond donors (Lipinski definition) is 1. The van der Waals surface area contributed by atoms with Gasteiger partial charge in [0.15, 0.2) is 11.5 Å². The molecule has 1 amide bonds. The maximum atomic E-state index is 11.7. The Kier molecular flexibility index (Phi) is 3.15. The molecule has 1 atom stereocenters. The highest BCUT2D eigenvalue weighted by molar-refractivity contribution is 5.93. The molecule has 2 aliphatic rings. The van der Waals surface area contributed by atoms with E-state index >= 15 is 0 Å². The van der Waals surface area contributed by atoms with Crippen molar-refractivity contribution in [3.8, 4) is 11.5 Å². The van der Waals surface area contributed by atoms with Gasteiger partial charge in [0.1, 0.15) is 0 Å². The third-order valence-corrected chi connectivity index (χ3v) is 3.53. The van der Waals surface area contributed by atoms with Crippen molar-refractivity contribution in [2.45, 2.75) is 32.2 Å². The molecule has 0 unspecified atom stereocenters. The summed E-state index contributed by atoms with van der Waals surface area (Å²) < 4.78 is 10.8. The van der Waals surface area contributed by atoms with E-state index in [0.29, 0.717) is 0 Å². The lowest BCUT2D eigenvalue weighted by atomic mass is 9.96. The molecule has 4 heteroatoms. The van der Waals surface area contributed by atoms with Gasteiger partial charge in [0.25, 0.3) is 0 Å². The summed E-state index contributed by atoms with van der Waals surface area (Å²) in [4.78, 5) is 11.7. The van der Waals surface area contributed by atoms with E-state index in [9.17, 15) is 4.79 Å². The van der Waals surface area contributed by atoms with Crippen molar-refractivity contribution in [3.05, 3.63) is 29.3 Å². The van der Waals surface area contributed by atoms with Crippen LogP contribution < -0.4 is 14.8 Å². The molecule has 0 spiro atoms. The summed E-state index contributed by atoms with van der Waals surface area (Å²) >= 11 is 0. The summed E-state index contributed by atoms with van der Waals surface area (Å²) in [6.07, 6.45) is 6.56. The number of unbranched alkanes of at least 4 members (excludes halogenated alkanes) is 1. The minimum absolute atomic E-state index is 0.0423. The Labute approximate surface area is 112 Å². The predicted octanol–water partition coefficient (Wildman–Crippen LogP) is 2.79. The minimum atomic E-state index is -0.0423. The Morgan fingerprint density at radius 2 is 2.05 bits per heavy atom. The summed E-state index contributed by atoms with van der Waals surface area (Å²) in [5.74, 6) is 1.48. The summed E-state index contributed by atoms with van der Waals surface area (Å²) in [5, 5.41) is 3.04. The molecule has 0 fully saturated rings. The van der Waals surface area contributed by atoms with E-state index in [4.69, 9.17) is 9.47 Å². The van der Waals surface area contributed by atoms with E-state index in [1.165, 1.54) is 0 Å². The fourth-order valence-electron chi connectivity index (χ4n) is 2.52. The number of fused-ring (bicyclic) bond motifs is 2. The average molecular weight is 259 g/mol. The lowest BCUT2D eigenvalue weighted by Gasteiger charge is -2.19. The third-order valence-electron chi connectivity index (χ3n) is 3.53. The highest BCUT2D eigenvalue weighted by Gasteiger charge is 2.23. The van der Waals surface area contributed by atoms with Crippen molar-refractivity contribution < 1.29 is 14.3 Å². The van der Waals surface area contributed by atoms with Gasteiger partial charge in [0, 0.05) is 6.08 Å². The number of carbonyl (C=O) groups excluding carboxylic acids is 1. The summed E-state index contributed by atoms with van der Waals surface area (Å²) in [7, 11) is 0. The van der Waals surface area contributed by atoms with Gasteiger partial charge in [0.2, 0.25) is 12.7 Å². The number of benzene rings is 1. The molecule has 19 heavy (non-hydrogen) atoms. The van der Waals surface area contributed by atoms with Crippen molar-refractivity contribution in [2.24, 2.45) is 0 Å². The van der Waals surface area contributed by atoms with Crippen LogP contribution in [0.1, 0.15) is 43.4 Å². The quantitative estimate of drug-likeness (QED) is 0.908. The van der Waals surface area contributed by atoms with Crippen LogP contribution in [-0.4, -0.2) is 12.7 Å². The van der Waals surface area contributed by atoms with Crippen molar-refractivity contribution in [1.29, 1.82) is 0 Å². The zero-order chi connectivity index (χ0) is 13.2. The average Bonchev–Trinajstić information content (AvgIpc) is 2.81. The van der Waals surface area contributed by atoms with Gasteiger partial charge in [-0.2, -0.15) is 0 Å². The van der Waals surface area contributed by atoms with Gasteiger partial charge < -0.3 is 14.8 Å². The Morgan fingerprint density at radius 3 is 2.84 bits per heavy atom. The fraction of sp³-hybridized carbons (Fsp3) is 0.400. The van der Waals surface area contributed by atoms with Gasteiger partial charge in [-0.1, -0.05) is 19.8 Å². The zero-order valence-corrected chi connectivity index (χ0v) is 10.9. The highest BCUT2D eigenvalue weighted by Crippen LogP contribution is 2.39. The van der Waals surface area contributed by atoms with Gasteiger partial charge in [-0.05, 0) is 35.8 Å². The molecule has 0 aliphatic carbocycles. The molecule has 0 saturated heterocycles. The number of carbonyl (C=O) groups is 1. The lowest BCUT2D eigenvalue weighted by Crippen LogP contribution is -2.26. The van der Waals surface area contributed by atoms with Gasteiger partial charge in [-0.3, -0.25) is 4.79 Å². The molecule has 1 aromatic carbocycles. The van der Waals surface area contributed by atoms with Crippen molar-refractivity contribution in [3.63, 3.8) is 0 Å². The van der Waals surface area contributed by atoms with E-state index in [-0.39, 0.29) is 18.7 Å². The molecule has 4 nitrogen and oxygen atoms in total. The first-order chi connectivity index (χ1) is 9.28. The third kappa shape index (κ3) is 2.30. The van der Waals surface area contributed by atoms with Gasteiger partial charge in [-0.15, -0.1) is 0 Å². The molecule has 1 aromatic rings. The number of nitrogens with one attached hydrogen (secondary N) is 1. The zero-order valence-electron chi connectivity index (χ0n) is 10.9. The standard InChI is InChI=1S/C15H17NO3/c1-2-3-4-12-11-8-14-13(18-9-19-14)7-10(11)5-6-15(17)16-12/h5-8,12H,2-4,9H2,1H3,(H,16,17)/t12-/m1/s1. The maximum Gasteiger partial charge on any atom is 0.244 e. The maximum absolute atomic E-state index is 11.7. The van der Waals surface area contributed by atoms with Crippen LogP contribution in [-0.2, 0) is 4.79 Å². The molecule has 100 valence electrons. The largest absolute Gasteiger partial charge is 0.454 e. The van der Waals surface area contributed by atoms with Gasteiger partial charge in [-0.25, -0.2) is 0 Å². The van der Waals surface area contributed by atoms with Crippen LogP contribution in [0.15, 0.2) is 18.2 Å². The summed E-state index contributed by atoms with van der Waals surface area (Å²) in [5.41, 5.74) is 2.14. The molecule has 0 radical (unpaired) electrons. The highest BCUT2D eigenvalue weighted by atomic mass is 16.7. The monoisotopic (exact) mass is 259 g/mol. The Bertz CT molecular complexity index is 536. The Morgan fingerprint density at radius 1 is 1.26 bits per heavy atom. The van der Waals surface area contributed by atoms with Crippen molar-refractivity contribution in [2.75, 3.05) is 6.79 Å². The van der Waals surface area contributed by atoms with Crippen molar-refractivity contribution in [1.82, 2.24) is 5.32 Å². The van der Waals surface area contributed by atoms with Crippen LogP contribution in [0.5, 0.6) is 11.5 Å². The molecule has 0 aromatic heterocycles. The fourth-order valence-corrected chi connectivity index (χ4v) is 2.52. The smallest absolute Gasteiger partial charge is 0.244 e. The topological polar surface area (TPSA) is 47.6 Å². The summed E-state index contributed by atoms with van der Waals surface area (Å²) in [6, 6.07) is 3.99. The SMILES string of the molecule is CCCC[C@H]1NC(=O)C=Cc2cc3c(cc21)OCO3. The first-order valence-electron chi connectivity index (χ1n) is 6.70. The Balaban J connectivity index is 2.00. The van der Waals surface area contributed by atoms with E-state index in [1.54, 1.807) is 6.08 Å². The number of rotatable bonds is 3. The molecular formula is C15H17NO3. The van der Waals surface area contributed by atoms with E-state index in [2.05, 4.69) is 12.2 Å². The number of ether oxygens (including phenoxy) is 2. The van der Waals surface area contributed by atoms with Crippen LogP contribution in [0.3, 0.4) is 0 Å². The number of hydrogen-bond acceptors (Lipinski definition) is 3. The molecule has 2 heterocycles. The second kappa shape index (κ2) is 4.96. The predicted molar refractivity (Wildman–Crippen MR) is 72.0 cm³/mol. The van der Waals surface area contributed by atoms with Crippen LogP contribution >= 0.6 is 0 Å². The molecule has 0 bridgehead atoms. The number of amides is 1. The molecule has 2 aliphatic heterocycles. The molecule has 3 rings (SSSR count). The minimum Gasteiger partial charge on any atom is -0.454 e. The van der Waals surface area contributed by atoms with Gasteiger partial charge in [0.05, 0.1) is 6.04 Å². The molecular weight excluding hydrogens is 242 g/mol. The van der Waals surface area contributed by atoms with Gasteiger partial charge >= 0.3 is 0 Å². The van der Waals surface area contributed by atoms with E-state index < -0.39 is 0 Å². The second-order valence-electron chi connectivity index (χ2n) is 4.87. The molecule has 1 N–H and O–H groups in total. The summed E-state index contributed by atoms with van der Waals surface area (Å²) in [6.45, 7) is 2.42. The lowest BCUT2D eigenvalue weighted by molar-refractivity contribution is -0.117. The van der Waals surface area contributed by atoms with Crippen molar-refractivity contribution >= 4 is 12.0 Å². The normalized spacial score (nSPS) is 19.8. The first kappa shape index (κ1) is 12.1. The van der Waals surface area contributed by atoms with E-state index in [0.717, 1.165) is 41.9 Å². The van der Waals surface area contributed by atoms with E-state index in [1.807, 2.05) is 18.2 Å². The molecule has 0 saturated carbocycles. The van der Waals surface area contributed by atoms with Crippen LogP contribution in [0, 0.1) is 0 Å². The van der Waals surface area contributed by atoms with Crippen LogP contribution in [0.25, 0.3) is 6.08 Å². The second-order valence-corrected chi connectivity index (χ2v) is 4.87. The van der Waals surface area contributed by atoms with Crippen LogP contribution in [0.2, 0.25) is 0 Å². The Hall–Kier alpha value is -1.97. The first-order valence-corrected chi connectivity index (χ1v) is 6.70. The van der Waals surface area contributed by atoms with Crippen LogP contribution in [0.4, 0.5) is 0 Å².